The van der Waals surface area contributed by atoms with E-state index in [9.17, 15) is 29.7 Å². The fraction of sp³-hybridized carbons (Fsp3) is 0.944. The quantitative estimate of drug-likeness (QED) is 0.0617. The number of hydrogen-bond donors (Lipinski definition) is 0. The van der Waals surface area contributed by atoms with Crippen LogP contribution in [0.4, 0.5) is 0 Å². The van der Waals surface area contributed by atoms with E-state index in [1.807, 2.05) is 0 Å². The van der Waals surface area contributed by atoms with Gasteiger partial charge < -0.3 is 74.9 Å². The molecule has 0 atom stereocenters. The zero-order valence-electron chi connectivity index (χ0n) is 48.6. The molecule has 0 radical (unpaired) electrons. The summed E-state index contributed by atoms with van der Waals surface area (Å²) in [4.78, 5) is 30.7. The minimum Gasteiger partial charge on any atom is -0.907 e. The van der Waals surface area contributed by atoms with Gasteiger partial charge in [-0.2, -0.15) is 0 Å². The van der Waals surface area contributed by atoms with Gasteiger partial charge in [0.25, 0.3) is 0 Å². The molecule has 0 rings (SSSR count). The summed E-state index contributed by atoms with van der Waals surface area (Å²) < 4.78 is 0. The molecule has 0 aromatic heterocycles. The van der Waals surface area contributed by atoms with E-state index in [1.54, 1.807) is 0 Å². The predicted molar refractivity (Wildman–Crippen MR) is 294 cm³/mol. The van der Waals surface area contributed by atoms with Gasteiger partial charge in [0.1, 0.15) is 0 Å². The third-order valence-electron chi connectivity index (χ3n) is 12.0. The first-order valence-corrected chi connectivity index (χ1v) is 29.0. The number of aliphatic carboxylic acids is 3. The van der Waals surface area contributed by atoms with Gasteiger partial charge in [0, 0.05) is 17.9 Å². The molecule has 0 saturated heterocycles. The van der Waals surface area contributed by atoms with Gasteiger partial charge in [-0.1, -0.05) is 290 Å². The Morgan fingerprint density at radius 3 is 0.368 bits per heavy atom. The molecule has 0 spiro atoms. The largest absolute Gasteiger partial charge is 3.00 e. The minimum absolute atomic E-state index is 0. The molecule has 0 saturated carbocycles. The van der Waals surface area contributed by atoms with Crippen molar-refractivity contribution in [2.45, 2.75) is 329 Å². The van der Waals surface area contributed by atoms with Crippen molar-refractivity contribution in [3.05, 3.63) is 0 Å². The van der Waals surface area contributed by atoms with Gasteiger partial charge in [0.2, 0.25) is 0 Å². The first kappa shape index (κ1) is 98.5. The molecular formula is C54H105Al4B3O15. The number of rotatable bonds is 48. The van der Waals surface area contributed by atoms with Crippen LogP contribution in [-0.2, 0) is 14.4 Å². The average molecular weight is 1130 g/mol. The van der Waals surface area contributed by atoms with Gasteiger partial charge in [-0.25, -0.2) is 0 Å². The monoisotopic (exact) mass is 1130 g/mol. The van der Waals surface area contributed by atoms with Crippen LogP contribution in [0.15, 0.2) is 0 Å². The van der Waals surface area contributed by atoms with Gasteiger partial charge in [-0.15, -0.1) is 0 Å². The van der Waals surface area contributed by atoms with E-state index in [0.717, 1.165) is 38.5 Å². The maximum absolute atomic E-state index is 10.2. The summed E-state index contributed by atoms with van der Waals surface area (Å²) in [6.07, 6.45) is 59.6. The number of carbonyl (C=O) groups excluding carboxylic acids is 3. The van der Waals surface area contributed by atoms with Crippen molar-refractivity contribution in [3.63, 3.8) is 0 Å². The molecule has 432 valence electrons. The second kappa shape index (κ2) is 94.6. The predicted octanol–water partition coefficient (Wildman–Crippen LogP) is 1.63. The summed E-state index contributed by atoms with van der Waals surface area (Å²) in [7, 11) is -8.75. The number of carboxylic acids is 3. The molecule has 0 unspecified atom stereocenters. The molecule has 0 N–H and O–H groups in total. The second-order valence-corrected chi connectivity index (χ2v) is 19.1. The van der Waals surface area contributed by atoms with Crippen LogP contribution in [-0.4, -0.2) is 109 Å². The Bertz CT molecular complexity index is 882. The van der Waals surface area contributed by atoms with E-state index in [-0.39, 0.29) is 88.7 Å². The summed E-state index contributed by atoms with van der Waals surface area (Å²) in [5.41, 5.74) is 0. The summed E-state index contributed by atoms with van der Waals surface area (Å²) in [6.45, 7) is 6.80. The van der Waals surface area contributed by atoms with Crippen molar-refractivity contribution in [2.75, 3.05) is 0 Å². The zero-order chi connectivity index (χ0) is 55.4. The Kier molecular flexibility index (Phi) is 123. The normalized spacial score (nSPS) is 9.63. The van der Waals surface area contributed by atoms with Crippen molar-refractivity contribution >= 4 is 109 Å². The van der Waals surface area contributed by atoms with Crippen molar-refractivity contribution in [3.8, 4) is 0 Å². The fourth-order valence-electron chi connectivity index (χ4n) is 7.92. The molecule has 0 aromatic rings. The molecule has 0 heterocycles. The Morgan fingerprint density at radius 1 is 0.211 bits per heavy atom. The number of hydrogen-bond acceptors (Lipinski definition) is 15. The van der Waals surface area contributed by atoms with Gasteiger partial charge in [-0.3, -0.25) is 22.0 Å². The molecule has 0 amide bonds. The first-order chi connectivity index (χ1) is 34.5. The second-order valence-electron chi connectivity index (χ2n) is 19.1. The summed E-state index contributed by atoms with van der Waals surface area (Å²) in [6, 6.07) is 0. The smallest absolute Gasteiger partial charge is 0.907 e. The molecule has 15 nitrogen and oxygen atoms in total. The van der Waals surface area contributed by atoms with Crippen molar-refractivity contribution in [1.82, 2.24) is 0 Å². The topological polar surface area (TPSA) is 328 Å². The van der Waals surface area contributed by atoms with E-state index in [2.05, 4.69) is 20.8 Å². The van der Waals surface area contributed by atoms with Crippen molar-refractivity contribution < 1.29 is 74.9 Å². The summed E-state index contributed by atoms with van der Waals surface area (Å²) in [5.74, 6) is -2.71. The van der Waals surface area contributed by atoms with E-state index >= 15 is 0 Å². The number of carbonyl (C=O) groups is 3. The Labute approximate surface area is 509 Å². The van der Waals surface area contributed by atoms with Gasteiger partial charge in [-0.05, 0) is 38.5 Å². The van der Waals surface area contributed by atoms with E-state index in [4.69, 9.17) is 45.2 Å². The molecular weight excluding hydrogens is 1030 g/mol. The first-order valence-electron chi connectivity index (χ1n) is 29.0. The maximum Gasteiger partial charge on any atom is 3.00 e. The van der Waals surface area contributed by atoms with Gasteiger partial charge in [0.15, 0.2) is 0 Å². The molecule has 0 aliphatic rings. The van der Waals surface area contributed by atoms with Crippen LogP contribution in [0.1, 0.15) is 329 Å². The van der Waals surface area contributed by atoms with Crippen LogP contribution in [0.3, 0.4) is 0 Å². The van der Waals surface area contributed by atoms with Crippen LogP contribution >= 0.6 is 0 Å². The van der Waals surface area contributed by atoms with Crippen LogP contribution in [0, 0.1) is 0 Å². The third kappa shape index (κ3) is 152. The SMILES string of the molecule is CCCCCCCCCCCCCCCCCC(=O)[O-].CCCCCCCCCCCCCCCCCC(=O)[O-].CCCCCCCCCCCCCCCCCC(=O)[O-].[Al+3].[Al+3].[Al+3].[Al+3].[O-]B([O-])[O-].[O-]B([O-])[O-].[O-]B([O-])[O-]. The molecule has 0 aromatic carbocycles. The van der Waals surface area contributed by atoms with Gasteiger partial charge in [0.05, 0.1) is 0 Å². The Hall–Kier alpha value is 0.375. The number of unbranched alkanes of at least 4 members (excludes halogenated alkanes) is 42. The van der Waals surface area contributed by atoms with E-state index in [1.165, 1.54) is 250 Å². The standard InChI is InChI=1S/3C18H36O2.4Al.3BO3/c3*1-2-3-4-5-6-7-8-9-10-11-12-13-14-15-16-17-18(19)20;;;;;3*2-1(3)4/h3*2-17H2,1H3,(H,19,20);;;;;;;/q;;;4*+3;3*-3/p-3. The van der Waals surface area contributed by atoms with E-state index in [0.29, 0.717) is 0 Å². The molecule has 0 aliphatic carbocycles. The Balaban J connectivity index is -0.0000000943. The summed E-state index contributed by atoms with van der Waals surface area (Å²) in [5, 5.41) is 106. The van der Waals surface area contributed by atoms with Gasteiger partial charge >= 0.3 is 69.4 Å². The average Bonchev–Trinajstić information content (AvgIpc) is 3.30. The maximum atomic E-state index is 10.2. The zero-order valence-corrected chi connectivity index (χ0v) is 53.2. The summed E-state index contributed by atoms with van der Waals surface area (Å²) >= 11 is 0. The van der Waals surface area contributed by atoms with E-state index < -0.39 is 39.9 Å². The molecule has 0 bridgehead atoms. The molecule has 22 heteroatoms. The van der Waals surface area contributed by atoms with Crippen LogP contribution in [0.2, 0.25) is 0 Å². The van der Waals surface area contributed by atoms with Crippen molar-refractivity contribution in [2.24, 2.45) is 0 Å². The third-order valence-corrected chi connectivity index (χ3v) is 12.0. The number of carboxylic acid groups (broad SMARTS) is 3. The molecule has 0 aliphatic heterocycles. The van der Waals surface area contributed by atoms with Crippen LogP contribution in [0.5, 0.6) is 0 Å². The minimum atomic E-state index is -2.92. The molecule has 0 fully saturated rings. The fourth-order valence-corrected chi connectivity index (χ4v) is 7.92. The van der Waals surface area contributed by atoms with Crippen LogP contribution in [0.25, 0.3) is 0 Å². The van der Waals surface area contributed by atoms with Crippen molar-refractivity contribution in [1.29, 1.82) is 0 Å². The van der Waals surface area contributed by atoms with Crippen LogP contribution < -0.4 is 60.5 Å². The molecule has 76 heavy (non-hydrogen) atoms. The Morgan fingerprint density at radius 2 is 0.289 bits per heavy atom.